The molecule has 0 radical (unpaired) electrons. The van der Waals surface area contributed by atoms with Crippen molar-refractivity contribution in [2.45, 2.75) is 0 Å². The monoisotopic (exact) mass is 284 g/mol. The summed E-state index contributed by atoms with van der Waals surface area (Å²) in [5.41, 5.74) is 0.601. The summed E-state index contributed by atoms with van der Waals surface area (Å²) in [7, 11) is 0. The highest BCUT2D eigenvalue weighted by Crippen LogP contribution is 2.37. The second kappa shape index (κ2) is 5.33. The first-order chi connectivity index (χ1) is 8.56. The molecule has 0 unspecified atom stereocenters. The Kier molecular flexibility index (Phi) is 3.79. The van der Waals surface area contributed by atoms with Crippen LogP contribution in [0.1, 0.15) is 0 Å². The number of nitrogens with zero attached hydrogens (tertiary/aromatic N) is 2. The Morgan fingerprint density at radius 1 is 1.00 bits per heavy atom. The first kappa shape index (κ1) is 12.8. The second-order valence-electron chi connectivity index (χ2n) is 3.43. The van der Waals surface area contributed by atoms with Gasteiger partial charge in [-0.3, -0.25) is 0 Å². The molecule has 0 heterocycles. The third-order valence-electron chi connectivity index (χ3n) is 2.11. The van der Waals surface area contributed by atoms with Gasteiger partial charge in [-0.25, -0.2) is 4.39 Å². The molecule has 0 aromatic heterocycles. The van der Waals surface area contributed by atoms with E-state index in [1.165, 1.54) is 36.4 Å². The SMILES string of the molecule is Oc1c(Cl)cc(Cl)cc1N=Nc1ccc(F)cc1. The predicted octanol–water partition coefficient (Wildman–Crippen LogP) is 5.25. The first-order valence-electron chi connectivity index (χ1n) is 4.91. The molecular formula is C12H7Cl2FN2O. The van der Waals surface area contributed by atoms with Crippen LogP contribution in [0.2, 0.25) is 10.0 Å². The maximum atomic E-state index is 12.7. The number of hydrogen-bond acceptors (Lipinski definition) is 3. The molecule has 0 aliphatic carbocycles. The number of azo groups is 1. The van der Waals surface area contributed by atoms with Gasteiger partial charge in [-0.1, -0.05) is 23.2 Å². The van der Waals surface area contributed by atoms with Crippen LogP contribution in [0.5, 0.6) is 5.75 Å². The lowest BCUT2D eigenvalue weighted by Gasteiger charge is -2.01. The Morgan fingerprint density at radius 3 is 2.33 bits per heavy atom. The van der Waals surface area contributed by atoms with E-state index < -0.39 is 0 Å². The van der Waals surface area contributed by atoms with Crippen molar-refractivity contribution in [1.29, 1.82) is 0 Å². The summed E-state index contributed by atoms with van der Waals surface area (Å²) < 4.78 is 12.7. The van der Waals surface area contributed by atoms with Gasteiger partial charge in [0.05, 0.1) is 10.7 Å². The molecule has 0 aliphatic rings. The van der Waals surface area contributed by atoms with Gasteiger partial charge in [0.2, 0.25) is 0 Å². The van der Waals surface area contributed by atoms with E-state index in [4.69, 9.17) is 23.2 Å². The minimum absolute atomic E-state index is 0.0931. The number of hydrogen-bond donors (Lipinski definition) is 1. The van der Waals surface area contributed by atoms with E-state index in [2.05, 4.69) is 10.2 Å². The van der Waals surface area contributed by atoms with Crippen LogP contribution in [0.4, 0.5) is 15.8 Å². The van der Waals surface area contributed by atoms with E-state index in [0.717, 1.165) is 0 Å². The first-order valence-corrected chi connectivity index (χ1v) is 5.67. The summed E-state index contributed by atoms with van der Waals surface area (Å²) in [6, 6.07) is 8.27. The standard InChI is InChI=1S/C12H7Cl2FN2O/c13-7-5-10(14)12(18)11(6-7)17-16-9-3-1-8(15)2-4-9/h1-6,18H. The van der Waals surface area contributed by atoms with Crippen molar-refractivity contribution < 1.29 is 9.50 Å². The molecule has 92 valence electrons. The number of halogens is 3. The third kappa shape index (κ3) is 2.97. The van der Waals surface area contributed by atoms with Crippen molar-refractivity contribution in [3.63, 3.8) is 0 Å². The van der Waals surface area contributed by atoms with Gasteiger partial charge >= 0.3 is 0 Å². The lowest BCUT2D eigenvalue weighted by atomic mass is 10.3. The van der Waals surface area contributed by atoms with Crippen molar-refractivity contribution in [2.75, 3.05) is 0 Å². The highest BCUT2D eigenvalue weighted by Gasteiger charge is 2.07. The van der Waals surface area contributed by atoms with E-state index in [0.29, 0.717) is 10.7 Å². The Balaban J connectivity index is 2.31. The average Bonchev–Trinajstić information content (AvgIpc) is 2.34. The summed E-state index contributed by atoms with van der Waals surface area (Å²) in [5.74, 6) is -0.561. The highest BCUT2D eigenvalue weighted by atomic mass is 35.5. The van der Waals surface area contributed by atoms with E-state index in [1.54, 1.807) is 0 Å². The number of benzene rings is 2. The summed E-state index contributed by atoms with van der Waals surface area (Å²) >= 11 is 11.5. The minimum atomic E-state index is -0.359. The maximum absolute atomic E-state index is 12.7. The van der Waals surface area contributed by atoms with Gasteiger partial charge in [-0.05, 0) is 36.4 Å². The largest absolute Gasteiger partial charge is 0.504 e. The fraction of sp³-hybridized carbons (Fsp3) is 0. The molecule has 0 spiro atoms. The summed E-state index contributed by atoms with van der Waals surface area (Å²) in [4.78, 5) is 0. The number of phenolic OH excluding ortho intramolecular Hbond substituents is 1. The van der Waals surface area contributed by atoms with Crippen molar-refractivity contribution in [3.05, 3.63) is 52.3 Å². The molecule has 1 N–H and O–H groups in total. The van der Waals surface area contributed by atoms with Gasteiger partial charge in [0.15, 0.2) is 5.75 Å². The Bertz CT molecular complexity index is 600. The van der Waals surface area contributed by atoms with Crippen LogP contribution in [0.3, 0.4) is 0 Å². The van der Waals surface area contributed by atoms with Gasteiger partial charge in [-0.15, -0.1) is 5.11 Å². The molecule has 2 rings (SSSR count). The van der Waals surface area contributed by atoms with Gasteiger partial charge < -0.3 is 5.11 Å². The number of rotatable bonds is 2. The number of aromatic hydroxyl groups is 1. The lowest BCUT2D eigenvalue weighted by Crippen LogP contribution is -1.73. The van der Waals surface area contributed by atoms with Crippen LogP contribution in [0, 0.1) is 5.82 Å². The molecule has 0 atom stereocenters. The molecule has 2 aromatic carbocycles. The van der Waals surface area contributed by atoms with E-state index in [-0.39, 0.29) is 22.3 Å². The molecule has 6 heteroatoms. The van der Waals surface area contributed by atoms with Crippen LogP contribution >= 0.6 is 23.2 Å². The molecule has 3 nitrogen and oxygen atoms in total. The fourth-order valence-corrected chi connectivity index (χ4v) is 1.73. The zero-order valence-corrected chi connectivity index (χ0v) is 10.5. The summed E-state index contributed by atoms with van der Waals surface area (Å²) in [6.45, 7) is 0. The lowest BCUT2D eigenvalue weighted by molar-refractivity contribution is 0.476. The van der Waals surface area contributed by atoms with Gasteiger partial charge in [0.25, 0.3) is 0 Å². The van der Waals surface area contributed by atoms with E-state index in [1.807, 2.05) is 0 Å². The predicted molar refractivity (Wildman–Crippen MR) is 68.7 cm³/mol. The molecule has 2 aromatic rings. The number of phenols is 1. The van der Waals surface area contributed by atoms with Crippen molar-refractivity contribution in [1.82, 2.24) is 0 Å². The van der Waals surface area contributed by atoms with E-state index >= 15 is 0 Å². The quantitative estimate of drug-likeness (QED) is 0.752. The second-order valence-corrected chi connectivity index (χ2v) is 4.28. The van der Waals surface area contributed by atoms with Crippen LogP contribution in [0.25, 0.3) is 0 Å². The Morgan fingerprint density at radius 2 is 1.67 bits per heavy atom. The molecule has 0 aliphatic heterocycles. The van der Waals surface area contributed by atoms with Crippen LogP contribution in [-0.2, 0) is 0 Å². The molecule has 18 heavy (non-hydrogen) atoms. The molecule has 0 amide bonds. The van der Waals surface area contributed by atoms with Gasteiger partial charge in [0, 0.05) is 5.02 Å². The van der Waals surface area contributed by atoms with Crippen LogP contribution in [-0.4, -0.2) is 5.11 Å². The minimum Gasteiger partial charge on any atom is -0.504 e. The Labute approximate surface area is 113 Å². The molecular weight excluding hydrogens is 278 g/mol. The topological polar surface area (TPSA) is 45.0 Å². The van der Waals surface area contributed by atoms with Crippen molar-refractivity contribution in [2.24, 2.45) is 10.2 Å². The van der Waals surface area contributed by atoms with Gasteiger partial charge in [0.1, 0.15) is 11.5 Å². The molecule has 0 fully saturated rings. The Hall–Kier alpha value is -1.65. The fourth-order valence-electron chi connectivity index (χ4n) is 1.25. The molecule has 0 saturated heterocycles. The third-order valence-corrected chi connectivity index (χ3v) is 2.61. The highest BCUT2D eigenvalue weighted by molar-refractivity contribution is 6.36. The summed E-state index contributed by atoms with van der Waals surface area (Å²) in [6.07, 6.45) is 0. The average molecular weight is 285 g/mol. The normalized spacial score (nSPS) is 11.1. The zero-order chi connectivity index (χ0) is 13.1. The smallest absolute Gasteiger partial charge is 0.161 e. The van der Waals surface area contributed by atoms with Crippen molar-refractivity contribution >= 4 is 34.6 Å². The van der Waals surface area contributed by atoms with Crippen molar-refractivity contribution in [3.8, 4) is 5.75 Å². The van der Waals surface area contributed by atoms with E-state index in [9.17, 15) is 9.50 Å². The van der Waals surface area contributed by atoms with Crippen LogP contribution < -0.4 is 0 Å². The summed E-state index contributed by atoms with van der Waals surface area (Å²) in [5, 5.41) is 17.7. The zero-order valence-electron chi connectivity index (χ0n) is 8.94. The molecule has 0 saturated carbocycles. The van der Waals surface area contributed by atoms with Gasteiger partial charge in [-0.2, -0.15) is 5.11 Å². The van der Waals surface area contributed by atoms with Crippen LogP contribution in [0.15, 0.2) is 46.6 Å². The maximum Gasteiger partial charge on any atom is 0.161 e. The molecule has 0 bridgehead atoms.